The largest absolute Gasteiger partial charge is 0.382 e. The van der Waals surface area contributed by atoms with Crippen LogP contribution >= 0.6 is 0 Å². The lowest BCUT2D eigenvalue weighted by atomic mass is 10.1. The maximum Gasteiger partial charge on any atom is 0.251 e. The molecule has 1 fully saturated rings. The van der Waals surface area contributed by atoms with E-state index in [9.17, 15) is 9.00 Å². The van der Waals surface area contributed by atoms with Gasteiger partial charge in [0.1, 0.15) is 0 Å². The van der Waals surface area contributed by atoms with E-state index in [0.717, 1.165) is 30.0 Å². The number of amides is 1. The highest BCUT2D eigenvalue weighted by molar-refractivity contribution is 7.85. The summed E-state index contributed by atoms with van der Waals surface area (Å²) in [4.78, 5) is 12.0. The summed E-state index contributed by atoms with van der Waals surface area (Å²) in [6, 6.07) is 8.04. The highest BCUT2D eigenvalue weighted by Gasteiger charge is 2.17. The number of hydrogen-bond acceptors (Lipinski definition) is 3. The summed E-state index contributed by atoms with van der Waals surface area (Å²) in [6.07, 6.45) is 1.85. The first-order chi connectivity index (χ1) is 9.54. The summed E-state index contributed by atoms with van der Waals surface area (Å²) < 4.78 is 11.3. The Labute approximate surface area is 122 Å². The lowest BCUT2D eigenvalue weighted by Gasteiger charge is -2.23. The van der Waals surface area contributed by atoms with Gasteiger partial charge in [-0.1, -0.05) is 6.07 Å². The summed E-state index contributed by atoms with van der Waals surface area (Å²) in [6.45, 7) is 3.89. The van der Waals surface area contributed by atoms with Crippen molar-refractivity contribution in [2.24, 2.45) is 0 Å². The van der Waals surface area contributed by atoms with Gasteiger partial charge in [0.05, 0.1) is 0 Å². The molecule has 1 amide bonds. The van der Waals surface area contributed by atoms with Gasteiger partial charge in [-0.3, -0.25) is 9.00 Å². The van der Waals surface area contributed by atoms with Gasteiger partial charge in [0, 0.05) is 45.6 Å². The van der Waals surface area contributed by atoms with Gasteiger partial charge >= 0.3 is 0 Å². The zero-order chi connectivity index (χ0) is 14.5. The van der Waals surface area contributed by atoms with Crippen LogP contribution in [0.4, 0.5) is 5.69 Å². The molecule has 0 aromatic heterocycles. The molecule has 0 bridgehead atoms. The average molecular weight is 294 g/mol. The second-order valence-corrected chi connectivity index (χ2v) is 7.17. The van der Waals surface area contributed by atoms with Crippen molar-refractivity contribution in [2.75, 3.05) is 16.8 Å². The third kappa shape index (κ3) is 4.34. The lowest BCUT2D eigenvalue weighted by Crippen LogP contribution is -2.31. The second-order valence-electron chi connectivity index (χ2n) is 5.48. The van der Waals surface area contributed by atoms with Crippen molar-refractivity contribution >= 4 is 22.4 Å². The van der Waals surface area contributed by atoms with Crippen molar-refractivity contribution in [1.82, 2.24) is 5.32 Å². The van der Waals surface area contributed by atoms with E-state index in [4.69, 9.17) is 0 Å². The van der Waals surface area contributed by atoms with Crippen LogP contribution in [-0.2, 0) is 10.8 Å². The highest BCUT2D eigenvalue weighted by atomic mass is 32.2. The topological polar surface area (TPSA) is 58.2 Å². The van der Waals surface area contributed by atoms with Gasteiger partial charge < -0.3 is 10.6 Å². The van der Waals surface area contributed by atoms with Crippen LogP contribution in [-0.4, -0.2) is 33.7 Å². The Morgan fingerprint density at radius 1 is 1.30 bits per heavy atom. The quantitative estimate of drug-likeness (QED) is 0.894. The molecule has 0 saturated carbocycles. The molecular formula is C15H22N2O2S. The maximum atomic E-state index is 12.0. The van der Waals surface area contributed by atoms with Crippen molar-refractivity contribution in [3.8, 4) is 0 Å². The fourth-order valence-electron chi connectivity index (χ4n) is 2.27. The van der Waals surface area contributed by atoms with Crippen molar-refractivity contribution in [3.05, 3.63) is 29.8 Å². The molecule has 0 spiro atoms. The first-order valence-electron chi connectivity index (χ1n) is 7.07. The minimum atomic E-state index is -0.641. The van der Waals surface area contributed by atoms with Gasteiger partial charge in [-0.05, 0) is 44.9 Å². The Kier molecular flexibility index (Phi) is 5.17. The van der Waals surface area contributed by atoms with E-state index >= 15 is 0 Å². The molecule has 1 aromatic carbocycles. The van der Waals surface area contributed by atoms with Crippen LogP contribution in [0.25, 0.3) is 0 Å². The zero-order valence-electron chi connectivity index (χ0n) is 12.0. The molecular weight excluding hydrogens is 272 g/mol. The van der Waals surface area contributed by atoms with Crippen molar-refractivity contribution in [3.63, 3.8) is 0 Å². The number of rotatable bonds is 4. The normalized spacial score (nSPS) is 22.6. The Morgan fingerprint density at radius 3 is 2.65 bits per heavy atom. The third-order valence-corrected chi connectivity index (χ3v) is 4.69. The zero-order valence-corrected chi connectivity index (χ0v) is 12.8. The Hall–Kier alpha value is -1.36. The van der Waals surface area contributed by atoms with Crippen LogP contribution in [0.5, 0.6) is 0 Å². The van der Waals surface area contributed by atoms with E-state index in [2.05, 4.69) is 10.6 Å². The summed E-state index contributed by atoms with van der Waals surface area (Å²) in [5.74, 6) is 1.49. The van der Waals surface area contributed by atoms with E-state index in [-0.39, 0.29) is 11.9 Å². The molecule has 2 N–H and O–H groups in total. The number of anilines is 1. The molecule has 5 heteroatoms. The van der Waals surface area contributed by atoms with Crippen LogP contribution in [0, 0.1) is 0 Å². The lowest BCUT2D eigenvalue weighted by molar-refractivity contribution is 0.0943. The van der Waals surface area contributed by atoms with Crippen LogP contribution in [0.1, 0.15) is 37.0 Å². The summed E-state index contributed by atoms with van der Waals surface area (Å²) in [7, 11) is -0.641. The van der Waals surface area contributed by atoms with Gasteiger partial charge in [-0.25, -0.2) is 0 Å². The average Bonchev–Trinajstić information content (AvgIpc) is 2.41. The number of benzene rings is 1. The number of carbonyl (C=O) groups is 1. The molecule has 0 atom stereocenters. The van der Waals surface area contributed by atoms with E-state index in [1.54, 1.807) is 0 Å². The number of hydrogen-bond donors (Lipinski definition) is 2. The fourth-order valence-corrected chi connectivity index (χ4v) is 3.57. The molecule has 2 rings (SSSR count). The Balaban J connectivity index is 1.99. The molecule has 0 unspecified atom stereocenters. The van der Waals surface area contributed by atoms with Crippen molar-refractivity contribution in [1.29, 1.82) is 0 Å². The van der Waals surface area contributed by atoms with Crippen LogP contribution in [0.2, 0.25) is 0 Å². The SMILES string of the molecule is CC(C)NC(=O)c1cccc(NC2CCS(=O)CC2)c1. The van der Waals surface area contributed by atoms with Crippen LogP contribution < -0.4 is 10.6 Å². The van der Waals surface area contributed by atoms with Gasteiger partial charge in [-0.15, -0.1) is 0 Å². The van der Waals surface area contributed by atoms with Gasteiger partial charge in [0.15, 0.2) is 0 Å². The summed E-state index contributed by atoms with van der Waals surface area (Å²) in [5.41, 5.74) is 1.63. The fraction of sp³-hybridized carbons (Fsp3) is 0.533. The molecule has 1 aliphatic heterocycles. The molecule has 4 nitrogen and oxygen atoms in total. The standard InChI is InChI=1S/C15H22N2O2S/c1-11(2)16-15(18)12-4-3-5-14(10-12)17-13-6-8-20(19)9-7-13/h3-5,10-11,13,17H,6-9H2,1-2H3,(H,16,18). The number of carbonyl (C=O) groups excluding carboxylic acids is 1. The van der Waals surface area contributed by atoms with E-state index < -0.39 is 10.8 Å². The highest BCUT2D eigenvalue weighted by Crippen LogP contribution is 2.17. The van der Waals surface area contributed by atoms with Crippen molar-refractivity contribution < 1.29 is 9.00 Å². The molecule has 0 aliphatic carbocycles. The Bertz CT molecular complexity index is 492. The van der Waals surface area contributed by atoms with E-state index in [1.165, 1.54) is 0 Å². The maximum absolute atomic E-state index is 12.0. The van der Waals surface area contributed by atoms with E-state index in [0.29, 0.717) is 11.6 Å². The molecule has 1 heterocycles. The summed E-state index contributed by atoms with van der Waals surface area (Å²) in [5, 5.41) is 6.32. The minimum absolute atomic E-state index is 0.0478. The van der Waals surface area contributed by atoms with Gasteiger partial charge in [0.25, 0.3) is 5.91 Å². The Morgan fingerprint density at radius 2 is 2.00 bits per heavy atom. The third-order valence-electron chi connectivity index (χ3n) is 3.30. The molecule has 20 heavy (non-hydrogen) atoms. The first kappa shape index (κ1) is 15.0. The second kappa shape index (κ2) is 6.88. The van der Waals surface area contributed by atoms with Crippen molar-refractivity contribution in [2.45, 2.75) is 38.8 Å². The van der Waals surface area contributed by atoms with E-state index in [1.807, 2.05) is 38.1 Å². The molecule has 1 saturated heterocycles. The predicted molar refractivity (Wildman–Crippen MR) is 83.6 cm³/mol. The molecule has 0 radical (unpaired) electrons. The monoisotopic (exact) mass is 294 g/mol. The predicted octanol–water partition coefficient (Wildman–Crippen LogP) is 2.15. The molecule has 1 aromatic rings. The summed E-state index contributed by atoms with van der Waals surface area (Å²) >= 11 is 0. The minimum Gasteiger partial charge on any atom is -0.382 e. The molecule has 1 aliphatic rings. The van der Waals surface area contributed by atoms with Crippen LogP contribution in [0.3, 0.4) is 0 Å². The first-order valence-corrected chi connectivity index (χ1v) is 8.56. The van der Waals surface area contributed by atoms with Crippen LogP contribution in [0.15, 0.2) is 24.3 Å². The van der Waals surface area contributed by atoms with Gasteiger partial charge in [0.2, 0.25) is 0 Å². The number of nitrogens with one attached hydrogen (secondary N) is 2. The molecule has 110 valence electrons. The van der Waals surface area contributed by atoms with Gasteiger partial charge in [-0.2, -0.15) is 0 Å². The smallest absolute Gasteiger partial charge is 0.251 e.